The number of para-hydroxylation sites is 1. The van der Waals surface area contributed by atoms with Gasteiger partial charge in [-0.25, -0.2) is 0 Å². The van der Waals surface area contributed by atoms with Crippen LogP contribution < -0.4 is 9.64 Å². The molecule has 0 aromatic heterocycles. The molecule has 0 atom stereocenters. The molecule has 122 valence electrons. The van der Waals surface area contributed by atoms with E-state index in [0.717, 1.165) is 18.8 Å². The maximum atomic E-state index is 5.98. The fourth-order valence-electron chi connectivity index (χ4n) is 2.78. The number of anilines is 1. The molecule has 0 N–H and O–H groups in total. The summed E-state index contributed by atoms with van der Waals surface area (Å²) in [6.45, 7) is 4.68. The average Bonchev–Trinajstić information content (AvgIpc) is 2.67. The van der Waals surface area contributed by atoms with Crippen LogP contribution in [0.5, 0.6) is 5.75 Å². The lowest BCUT2D eigenvalue weighted by atomic mass is 10.1. The minimum atomic E-state index is 0.668. The third-order valence-corrected chi connectivity index (χ3v) is 4.07. The van der Waals surface area contributed by atoms with E-state index in [2.05, 4.69) is 72.5 Å². The highest BCUT2D eigenvalue weighted by Crippen LogP contribution is 2.23. The zero-order valence-corrected chi connectivity index (χ0v) is 14.1. The number of hydrogen-bond acceptors (Lipinski definition) is 2. The van der Waals surface area contributed by atoms with Gasteiger partial charge in [-0.05, 0) is 42.3 Å². The topological polar surface area (TPSA) is 12.5 Å². The van der Waals surface area contributed by atoms with E-state index in [9.17, 15) is 0 Å². The Morgan fingerprint density at radius 2 is 1.42 bits per heavy atom. The van der Waals surface area contributed by atoms with Gasteiger partial charge >= 0.3 is 0 Å². The predicted octanol–water partition coefficient (Wildman–Crippen LogP) is 5.26. The van der Waals surface area contributed by atoms with Gasteiger partial charge in [0, 0.05) is 12.2 Å². The van der Waals surface area contributed by atoms with E-state index in [1.807, 2.05) is 24.3 Å². The molecule has 3 aromatic rings. The first kappa shape index (κ1) is 16.1. The summed E-state index contributed by atoms with van der Waals surface area (Å²) >= 11 is 0. The number of hydrogen-bond donors (Lipinski definition) is 0. The van der Waals surface area contributed by atoms with Crippen LogP contribution >= 0.6 is 0 Å². The van der Waals surface area contributed by atoms with Crippen molar-refractivity contribution < 1.29 is 4.74 Å². The molecule has 0 unspecified atom stereocenters. The first-order chi connectivity index (χ1) is 11.9. The monoisotopic (exact) mass is 317 g/mol. The van der Waals surface area contributed by atoms with Crippen LogP contribution in [-0.4, -0.2) is 19.7 Å². The van der Waals surface area contributed by atoms with E-state index in [4.69, 9.17) is 4.74 Å². The Morgan fingerprint density at radius 1 is 0.750 bits per heavy atom. The second kappa shape index (κ2) is 8.21. The first-order valence-corrected chi connectivity index (χ1v) is 8.45. The van der Waals surface area contributed by atoms with E-state index < -0.39 is 0 Å². The van der Waals surface area contributed by atoms with Gasteiger partial charge in [0.1, 0.15) is 12.4 Å². The molecule has 3 rings (SSSR count). The largest absolute Gasteiger partial charge is 0.492 e. The lowest BCUT2D eigenvalue weighted by Gasteiger charge is -2.23. The van der Waals surface area contributed by atoms with Gasteiger partial charge in [-0.15, -0.1) is 0 Å². The second-order valence-electron chi connectivity index (χ2n) is 5.66. The Hall–Kier alpha value is -2.74. The molecule has 0 saturated heterocycles. The zero-order chi connectivity index (χ0) is 16.6. The second-order valence-corrected chi connectivity index (χ2v) is 5.66. The number of benzene rings is 3. The maximum Gasteiger partial charge on any atom is 0.120 e. The number of ether oxygens (including phenoxy) is 1. The van der Waals surface area contributed by atoms with Gasteiger partial charge in [0.15, 0.2) is 0 Å². The average molecular weight is 317 g/mol. The first-order valence-electron chi connectivity index (χ1n) is 8.45. The van der Waals surface area contributed by atoms with Crippen LogP contribution in [0.3, 0.4) is 0 Å². The molecule has 0 amide bonds. The van der Waals surface area contributed by atoms with Crippen LogP contribution in [0, 0.1) is 0 Å². The Bertz CT molecular complexity index is 740. The maximum absolute atomic E-state index is 5.98. The highest BCUT2D eigenvalue weighted by atomic mass is 16.5. The molecule has 0 aliphatic carbocycles. The van der Waals surface area contributed by atoms with E-state index in [1.165, 1.54) is 16.8 Å². The minimum Gasteiger partial charge on any atom is -0.492 e. The van der Waals surface area contributed by atoms with E-state index in [0.29, 0.717) is 6.61 Å². The molecule has 0 heterocycles. The summed E-state index contributed by atoms with van der Waals surface area (Å²) in [6, 6.07) is 29.1. The van der Waals surface area contributed by atoms with Crippen molar-refractivity contribution >= 4 is 5.69 Å². The summed E-state index contributed by atoms with van der Waals surface area (Å²) in [5.74, 6) is 0.917. The van der Waals surface area contributed by atoms with Crippen molar-refractivity contribution in [2.75, 3.05) is 24.6 Å². The van der Waals surface area contributed by atoms with Gasteiger partial charge in [-0.1, -0.05) is 60.7 Å². The summed E-state index contributed by atoms with van der Waals surface area (Å²) < 4.78 is 5.98. The highest BCUT2D eigenvalue weighted by molar-refractivity contribution is 5.64. The third kappa shape index (κ3) is 4.17. The molecule has 2 nitrogen and oxygen atoms in total. The van der Waals surface area contributed by atoms with Gasteiger partial charge in [-0.2, -0.15) is 0 Å². The van der Waals surface area contributed by atoms with Crippen molar-refractivity contribution in [3.05, 3.63) is 84.9 Å². The van der Waals surface area contributed by atoms with Crippen LogP contribution in [0.1, 0.15) is 6.92 Å². The van der Waals surface area contributed by atoms with Crippen molar-refractivity contribution in [2.45, 2.75) is 6.92 Å². The van der Waals surface area contributed by atoms with Crippen molar-refractivity contribution in [3.8, 4) is 16.9 Å². The molecule has 0 bridgehead atoms. The fraction of sp³-hybridized carbons (Fsp3) is 0.182. The minimum absolute atomic E-state index is 0.668. The highest BCUT2D eigenvalue weighted by Gasteiger charge is 2.04. The third-order valence-electron chi connectivity index (χ3n) is 4.07. The molecular formula is C22H23NO. The van der Waals surface area contributed by atoms with Crippen molar-refractivity contribution in [1.29, 1.82) is 0 Å². The molecule has 0 fully saturated rings. The smallest absolute Gasteiger partial charge is 0.120 e. The fourth-order valence-corrected chi connectivity index (χ4v) is 2.78. The van der Waals surface area contributed by atoms with E-state index in [1.54, 1.807) is 0 Å². The Labute approximate surface area is 144 Å². The lowest BCUT2D eigenvalue weighted by Crippen LogP contribution is -2.27. The van der Waals surface area contributed by atoms with E-state index >= 15 is 0 Å². The molecule has 0 aliphatic heterocycles. The Morgan fingerprint density at radius 3 is 2.12 bits per heavy atom. The van der Waals surface area contributed by atoms with Crippen LogP contribution in [0.25, 0.3) is 11.1 Å². The molecule has 0 aliphatic rings. The Balaban J connectivity index is 1.61. The van der Waals surface area contributed by atoms with Crippen LogP contribution in [0.2, 0.25) is 0 Å². The number of rotatable bonds is 7. The van der Waals surface area contributed by atoms with Gasteiger partial charge in [-0.3, -0.25) is 0 Å². The summed E-state index contributed by atoms with van der Waals surface area (Å²) in [5.41, 5.74) is 3.63. The molecule has 24 heavy (non-hydrogen) atoms. The van der Waals surface area contributed by atoms with Gasteiger partial charge in [0.2, 0.25) is 0 Å². The van der Waals surface area contributed by atoms with Gasteiger partial charge in [0.05, 0.1) is 6.54 Å². The normalized spacial score (nSPS) is 10.4. The number of likely N-dealkylation sites (N-methyl/N-ethyl adjacent to an activating group) is 1. The van der Waals surface area contributed by atoms with Crippen molar-refractivity contribution in [2.24, 2.45) is 0 Å². The summed E-state index contributed by atoms with van der Waals surface area (Å²) in [4.78, 5) is 2.32. The summed E-state index contributed by atoms with van der Waals surface area (Å²) in [6.07, 6.45) is 0. The summed E-state index contributed by atoms with van der Waals surface area (Å²) in [5, 5.41) is 0. The molecule has 3 aromatic carbocycles. The van der Waals surface area contributed by atoms with Crippen LogP contribution in [0.15, 0.2) is 84.9 Å². The Kier molecular flexibility index (Phi) is 5.52. The van der Waals surface area contributed by atoms with Gasteiger partial charge < -0.3 is 9.64 Å². The molecule has 0 radical (unpaired) electrons. The molecule has 0 spiro atoms. The number of nitrogens with zero attached hydrogens (tertiary/aromatic N) is 1. The molecule has 2 heteroatoms. The van der Waals surface area contributed by atoms with Crippen molar-refractivity contribution in [3.63, 3.8) is 0 Å². The standard InChI is InChI=1S/C22H23NO/c1-2-23(21-13-7-4-8-14-21)16-17-24-22-15-9-12-20(18-22)19-10-5-3-6-11-19/h3-15,18H,2,16-17H2,1H3. The van der Waals surface area contributed by atoms with Crippen LogP contribution in [-0.2, 0) is 0 Å². The lowest BCUT2D eigenvalue weighted by molar-refractivity contribution is 0.324. The quantitative estimate of drug-likeness (QED) is 0.589. The van der Waals surface area contributed by atoms with Crippen LogP contribution in [0.4, 0.5) is 5.69 Å². The van der Waals surface area contributed by atoms with E-state index in [-0.39, 0.29) is 0 Å². The SMILES string of the molecule is CCN(CCOc1cccc(-c2ccccc2)c1)c1ccccc1. The molecule has 0 saturated carbocycles. The summed E-state index contributed by atoms with van der Waals surface area (Å²) in [7, 11) is 0. The zero-order valence-electron chi connectivity index (χ0n) is 14.1. The van der Waals surface area contributed by atoms with Crippen molar-refractivity contribution in [1.82, 2.24) is 0 Å². The van der Waals surface area contributed by atoms with Gasteiger partial charge in [0.25, 0.3) is 0 Å². The molecular weight excluding hydrogens is 294 g/mol. The predicted molar refractivity (Wildman–Crippen MR) is 102 cm³/mol.